The molecule has 13 aromatic carbocycles. The van der Waals surface area contributed by atoms with Crippen molar-refractivity contribution in [3.05, 3.63) is 359 Å². The molecule has 0 atom stereocenters. The lowest BCUT2D eigenvalue weighted by Crippen LogP contribution is -1.93. The van der Waals surface area contributed by atoms with Gasteiger partial charge in [-0.2, -0.15) is 4.98 Å². The highest BCUT2D eigenvalue weighted by Gasteiger charge is 2.22. The van der Waals surface area contributed by atoms with Crippen LogP contribution in [0, 0.1) is 0 Å². The van der Waals surface area contributed by atoms with Crippen molar-refractivity contribution in [3.8, 4) is 102 Å². The Bertz CT molecular complexity index is 6720. The molecule has 0 aliphatic heterocycles. The van der Waals surface area contributed by atoms with Crippen LogP contribution < -0.4 is 0 Å². The molecule has 0 saturated heterocycles. The van der Waals surface area contributed by atoms with Gasteiger partial charge in [0.1, 0.15) is 20.1 Å². The van der Waals surface area contributed by atoms with Crippen LogP contribution in [0.3, 0.4) is 0 Å². The van der Waals surface area contributed by atoms with E-state index in [9.17, 15) is 0 Å². The molecule has 0 aliphatic carbocycles. The topological polar surface area (TPSA) is 116 Å². The van der Waals surface area contributed by atoms with Crippen LogP contribution in [-0.4, -0.2) is 39.9 Å². The fraction of sp³-hybridized carbons (Fsp3) is 0. The number of hydrogen-bond acceptors (Lipinski definition) is 12. The van der Waals surface area contributed by atoms with Crippen LogP contribution in [0.4, 0.5) is 0 Å². The van der Waals surface area contributed by atoms with E-state index >= 15 is 0 Å². The van der Waals surface area contributed by atoms with Crippen molar-refractivity contribution in [2.45, 2.75) is 0 Å². The number of hydrogen-bond donors (Lipinski definition) is 0. The minimum absolute atomic E-state index is 0.609. The minimum Gasteiger partial charge on any atom is -0.438 e. The number of aromatic nitrogens is 8. The smallest absolute Gasteiger partial charge is 0.231 e. The quantitative estimate of drug-likeness (QED) is 0.139. The van der Waals surface area contributed by atoms with Crippen LogP contribution in [-0.2, 0) is 0 Å². The fourth-order valence-corrected chi connectivity index (χ4v) is 17.3. The summed E-state index contributed by atoms with van der Waals surface area (Å²) in [6.45, 7) is 0. The molecule has 0 bridgehead atoms. The molecule has 0 N–H and O–H groups in total. The summed E-state index contributed by atoms with van der Waals surface area (Å²) in [6, 6.07) is 114. The van der Waals surface area contributed by atoms with Crippen LogP contribution in [0.5, 0.6) is 0 Å². The van der Waals surface area contributed by atoms with E-state index in [1.165, 1.54) is 41.4 Å². The van der Waals surface area contributed by atoms with Crippen LogP contribution >= 0.6 is 84.7 Å². The molecule has 0 unspecified atom stereocenters. The van der Waals surface area contributed by atoms with Crippen LogP contribution in [0.2, 0.25) is 15.1 Å². The number of rotatable bonds is 9. The number of furan rings is 1. The van der Waals surface area contributed by atoms with Crippen LogP contribution in [0.1, 0.15) is 0 Å². The molecule has 8 aromatic heterocycles. The molecule has 9 nitrogen and oxygen atoms in total. The lowest BCUT2D eigenvalue weighted by atomic mass is 10.0. The zero-order valence-corrected chi connectivity index (χ0v) is 64.4. The van der Waals surface area contributed by atoms with Gasteiger partial charge in [0.25, 0.3) is 0 Å². The van der Waals surface area contributed by atoms with Crippen molar-refractivity contribution < 1.29 is 4.42 Å². The molecule has 21 aromatic rings. The van der Waals surface area contributed by atoms with E-state index < -0.39 is 0 Å². The van der Waals surface area contributed by atoms with Gasteiger partial charge in [0.2, 0.25) is 5.71 Å². The molecule has 0 spiro atoms. The van der Waals surface area contributed by atoms with Gasteiger partial charge in [-0.3, -0.25) is 0 Å². The van der Waals surface area contributed by atoms with Gasteiger partial charge >= 0.3 is 0 Å². The Morgan fingerprint density at radius 1 is 0.227 bits per heavy atom. The maximum Gasteiger partial charge on any atom is 0.231 e. The van der Waals surface area contributed by atoms with Crippen molar-refractivity contribution >= 4 is 168 Å². The Morgan fingerprint density at radius 2 is 0.491 bits per heavy atom. The number of thiophene rings is 3. The molecule has 110 heavy (non-hydrogen) atoms. The number of para-hydroxylation sites is 1. The highest BCUT2D eigenvalue weighted by atomic mass is 79.9. The van der Waals surface area contributed by atoms with Gasteiger partial charge in [-0.1, -0.05) is 306 Å². The molecule has 16 heteroatoms. The first-order chi connectivity index (χ1) is 54.1. The standard InChI is InChI=1S/C28H17ClN2S.C22H13BrN2O.2C22H13ClN2S/c29-22-16-14-20(15-17-22)26-25-23-8-4-5-9-24(23)32-28(25)31-27(30-26)21-12-10-19(11-13-21)18-6-2-1-3-7-18;23-16-12-10-15(11-13-16)21-24-20(14-6-2-1-3-7-14)19-17-8-4-5-9-18(17)26-22(19)25-21;23-16-12-10-14(11-13-16)20-19-17-8-4-5-9-18(17)26-22(19)25-21(24-20)15-6-2-1-3-7-15;23-16-12-10-15(11-13-16)21-24-20(14-6-2-1-3-7-14)19-17-8-4-5-9-18(17)26-22(19)25-21/h1-17H;3*1-13H. The Hall–Kier alpha value is -12.0. The first-order valence-corrected chi connectivity index (χ1v) is 39.7. The van der Waals surface area contributed by atoms with Crippen molar-refractivity contribution in [2.75, 3.05) is 0 Å². The van der Waals surface area contributed by atoms with Crippen molar-refractivity contribution in [1.82, 2.24) is 39.9 Å². The summed E-state index contributed by atoms with van der Waals surface area (Å²) < 4.78 is 10.7. The second-order valence-corrected chi connectivity index (χ2v) is 31.1. The summed E-state index contributed by atoms with van der Waals surface area (Å²) >= 11 is 26.9. The summed E-state index contributed by atoms with van der Waals surface area (Å²) in [5, 5.41) is 11.0. The molecule has 524 valence electrons. The predicted octanol–water partition coefficient (Wildman–Crippen LogP) is 28.6. The molecule has 0 radical (unpaired) electrons. The summed E-state index contributed by atoms with van der Waals surface area (Å²) in [7, 11) is 0. The Kier molecular flexibility index (Phi) is 19.6. The van der Waals surface area contributed by atoms with Crippen molar-refractivity contribution in [3.63, 3.8) is 0 Å². The van der Waals surface area contributed by atoms with Gasteiger partial charge in [-0.15, -0.1) is 34.0 Å². The number of nitrogens with zero attached hydrogens (tertiary/aromatic N) is 8. The van der Waals surface area contributed by atoms with E-state index in [0.717, 1.165) is 141 Å². The van der Waals surface area contributed by atoms with Gasteiger partial charge in [-0.05, 0) is 96.1 Å². The number of benzene rings is 13. The fourth-order valence-electron chi connectivity index (χ4n) is 13.5. The predicted molar refractivity (Wildman–Crippen MR) is 466 cm³/mol. The first-order valence-electron chi connectivity index (χ1n) is 35.3. The molecule has 0 saturated carbocycles. The maximum atomic E-state index is 6.15. The third-order valence-electron chi connectivity index (χ3n) is 18.8. The Morgan fingerprint density at radius 3 is 0.891 bits per heavy atom. The van der Waals surface area contributed by atoms with E-state index in [0.29, 0.717) is 21.6 Å². The zero-order valence-electron chi connectivity index (χ0n) is 58.1. The average Bonchev–Trinajstić information content (AvgIpc) is 1.62. The SMILES string of the molecule is Brc1ccc(-c2nc(-c3ccccc3)c3c(n2)oc2ccccc23)cc1.Clc1ccc(-c2nc(-c3ccc(-c4ccccc4)cc3)nc3sc4ccccc4c23)cc1.Clc1ccc(-c2nc(-c3ccccc3)c3c(n2)sc2ccccc23)cc1.Clc1ccc(-c2nc(-c3ccccc3)nc3sc4ccccc4c23)cc1. The van der Waals surface area contributed by atoms with E-state index in [1.807, 2.05) is 188 Å². The normalized spacial score (nSPS) is 11.3. The second kappa shape index (κ2) is 30.9. The monoisotopic (exact) mass is 1590 g/mol. The lowest BCUT2D eigenvalue weighted by molar-refractivity contribution is 0.653. The molecule has 0 fully saturated rings. The van der Waals surface area contributed by atoms with Gasteiger partial charge in [0.05, 0.1) is 28.2 Å². The van der Waals surface area contributed by atoms with E-state index in [2.05, 4.69) is 168 Å². The third kappa shape index (κ3) is 14.3. The van der Waals surface area contributed by atoms with Crippen LogP contribution in [0.25, 0.3) is 185 Å². The Balaban J connectivity index is 0.000000103. The van der Waals surface area contributed by atoms with Gasteiger partial charge < -0.3 is 4.42 Å². The summed E-state index contributed by atoms with van der Waals surface area (Å²) in [5.41, 5.74) is 15.7. The molecule has 0 amide bonds. The van der Waals surface area contributed by atoms with Crippen molar-refractivity contribution in [2.24, 2.45) is 0 Å². The average molecular weight is 1600 g/mol. The molecule has 8 heterocycles. The van der Waals surface area contributed by atoms with Crippen molar-refractivity contribution in [1.29, 1.82) is 0 Å². The lowest BCUT2D eigenvalue weighted by Gasteiger charge is -2.08. The largest absolute Gasteiger partial charge is 0.438 e. The Labute approximate surface area is 667 Å². The highest BCUT2D eigenvalue weighted by Crippen LogP contribution is 2.44. The van der Waals surface area contributed by atoms with Gasteiger partial charge in [0.15, 0.2) is 23.3 Å². The minimum atomic E-state index is 0.609. The van der Waals surface area contributed by atoms with Gasteiger partial charge in [0, 0.05) is 116 Å². The zero-order chi connectivity index (χ0) is 74.0. The van der Waals surface area contributed by atoms with E-state index in [1.54, 1.807) is 34.0 Å². The van der Waals surface area contributed by atoms with Crippen LogP contribution in [0.15, 0.2) is 349 Å². The first kappa shape index (κ1) is 69.7. The highest BCUT2D eigenvalue weighted by molar-refractivity contribution is 9.10. The maximum absolute atomic E-state index is 6.15. The molecule has 21 rings (SSSR count). The summed E-state index contributed by atoms with van der Waals surface area (Å²) in [6.07, 6.45) is 0. The van der Waals surface area contributed by atoms with Gasteiger partial charge in [-0.25, -0.2) is 34.9 Å². The molecular weight excluding hydrogens is 1540 g/mol. The molecular formula is C94H56BrCl3N8OS3. The van der Waals surface area contributed by atoms with E-state index in [4.69, 9.17) is 79.1 Å². The molecule has 0 aliphatic rings. The summed E-state index contributed by atoms with van der Waals surface area (Å²) in [4.78, 5) is 42.3. The number of halogens is 4. The summed E-state index contributed by atoms with van der Waals surface area (Å²) in [5.74, 6) is 2.85. The number of fused-ring (bicyclic) bond motifs is 12. The third-order valence-corrected chi connectivity index (χ3v) is 23.3. The second-order valence-electron chi connectivity index (χ2n) is 25.8. The van der Waals surface area contributed by atoms with E-state index in [-0.39, 0.29) is 0 Å².